The van der Waals surface area contributed by atoms with Crippen LogP contribution >= 0.6 is 0 Å². The number of aliphatic hydroxyl groups excluding tert-OH is 1. The Kier molecular flexibility index (Phi) is 6.59. The fourth-order valence-electron chi connectivity index (χ4n) is 3.38. The maximum atomic E-state index is 10.4. The maximum absolute atomic E-state index is 10.4. The molecule has 2 heteroatoms. The quantitative estimate of drug-likeness (QED) is 0.414. The van der Waals surface area contributed by atoms with E-state index in [1.54, 1.807) is 0 Å². The van der Waals surface area contributed by atoms with Crippen LogP contribution in [0.25, 0.3) is 0 Å². The van der Waals surface area contributed by atoms with Crippen molar-refractivity contribution in [2.24, 2.45) is 0 Å². The number of ether oxygens (including phenoxy) is 1. The molecule has 3 aromatic rings. The molecule has 0 spiro atoms. The van der Waals surface area contributed by atoms with Crippen molar-refractivity contribution >= 4 is 0 Å². The van der Waals surface area contributed by atoms with Gasteiger partial charge in [-0.05, 0) is 29.5 Å². The molecule has 1 atom stereocenters. The zero-order valence-electron chi connectivity index (χ0n) is 15.5. The van der Waals surface area contributed by atoms with E-state index in [1.165, 1.54) is 0 Å². The van der Waals surface area contributed by atoms with Crippen LogP contribution in [0, 0.1) is 0 Å². The normalized spacial score (nSPS) is 12.5. The highest BCUT2D eigenvalue weighted by Crippen LogP contribution is 2.40. The fraction of sp³-hybridized carbons (Fsp3) is 0.200. The van der Waals surface area contributed by atoms with Crippen molar-refractivity contribution < 1.29 is 9.84 Å². The van der Waals surface area contributed by atoms with Crippen LogP contribution in [0.5, 0.6) is 0 Å². The van der Waals surface area contributed by atoms with Crippen molar-refractivity contribution in [3.8, 4) is 0 Å². The molecule has 3 aromatic carbocycles. The molecule has 0 bridgehead atoms. The van der Waals surface area contributed by atoms with Gasteiger partial charge in [-0.2, -0.15) is 0 Å². The third-order valence-corrected chi connectivity index (χ3v) is 4.74. The minimum Gasteiger partial charge on any atom is -0.391 e. The molecule has 3 rings (SSSR count). The van der Waals surface area contributed by atoms with E-state index in [4.69, 9.17) is 4.74 Å². The molecule has 0 saturated heterocycles. The number of hydrogen-bond donors (Lipinski definition) is 1. The molecule has 0 saturated carbocycles. The van der Waals surface area contributed by atoms with Gasteiger partial charge in [-0.25, -0.2) is 0 Å². The smallest absolute Gasteiger partial charge is 0.143 e. The summed E-state index contributed by atoms with van der Waals surface area (Å²) in [6, 6.07) is 30.6. The van der Waals surface area contributed by atoms with Crippen LogP contribution in [-0.4, -0.2) is 17.8 Å². The molecule has 1 unspecified atom stereocenters. The van der Waals surface area contributed by atoms with Crippen molar-refractivity contribution in [1.82, 2.24) is 0 Å². The van der Waals surface area contributed by atoms with Crippen LogP contribution in [0.2, 0.25) is 0 Å². The summed E-state index contributed by atoms with van der Waals surface area (Å²) >= 11 is 0. The highest BCUT2D eigenvalue weighted by Gasteiger charge is 2.37. The lowest BCUT2D eigenvalue weighted by Crippen LogP contribution is -2.35. The molecule has 1 N–H and O–H groups in total. The van der Waals surface area contributed by atoms with Gasteiger partial charge in [-0.15, -0.1) is 6.58 Å². The molecule has 2 nitrogen and oxygen atoms in total. The van der Waals surface area contributed by atoms with E-state index in [0.717, 1.165) is 23.1 Å². The second kappa shape index (κ2) is 9.31. The molecular weight excluding hydrogens is 332 g/mol. The van der Waals surface area contributed by atoms with Gasteiger partial charge in [0.05, 0.1) is 12.7 Å². The highest BCUT2D eigenvalue weighted by atomic mass is 16.5. The molecule has 0 heterocycles. The summed E-state index contributed by atoms with van der Waals surface area (Å²) in [5, 5.41) is 10.4. The molecule has 0 aliphatic rings. The van der Waals surface area contributed by atoms with Crippen LogP contribution in [0.3, 0.4) is 0 Å². The Balaban J connectivity index is 2.09. The molecule has 0 aliphatic heterocycles. The summed E-state index contributed by atoms with van der Waals surface area (Å²) < 4.78 is 6.56. The van der Waals surface area contributed by atoms with Crippen molar-refractivity contribution in [2.75, 3.05) is 6.61 Å². The van der Waals surface area contributed by atoms with Gasteiger partial charge in [-0.1, -0.05) is 97.1 Å². The molecule has 0 aromatic heterocycles. The first-order chi connectivity index (χ1) is 13.3. The van der Waals surface area contributed by atoms with E-state index in [0.29, 0.717) is 6.42 Å². The first-order valence-corrected chi connectivity index (χ1v) is 9.37. The topological polar surface area (TPSA) is 29.5 Å². The number of benzene rings is 3. The molecule has 0 fully saturated rings. The van der Waals surface area contributed by atoms with E-state index < -0.39 is 11.7 Å². The van der Waals surface area contributed by atoms with Gasteiger partial charge in [0, 0.05) is 0 Å². The molecule has 0 radical (unpaired) electrons. The first-order valence-electron chi connectivity index (χ1n) is 9.37. The Morgan fingerprint density at radius 2 is 1.19 bits per heavy atom. The van der Waals surface area contributed by atoms with Crippen molar-refractivity contribution in [3.63, 3.8) is 0 Å². The van der Waals surface area contributed by atoms with Crippen LogP contribution in [-0.2, 0) is 10.3 Å². The number of hydrogen-bond acceptors (Lipinski definition) is 2. The lowest BCUT2D eigenvalue weighted by atomic mass is 9.80. The Labute approximate surface area is 161 Å². The first kappa shape index (κ1) is 19.1. The minimum atomic E-state index is -0.779. The second-order valence-corrected chi connectivity index (χ2v) is 6.61. The average Bonchev–Trinajstić information content (AvgIpc) is 2.75. The van der Waals surface area contributed by atoms with E-state index >= 15 is 0 Å². The Hall–Kier alpha value is -2.68. The van der Waals surface area contributed by atoms with Crippen molar-refractivity contribution in [1.29, 1.82) is 0 Å². The van der Waals surface area contributed by atoms with E-state index in [2.05, 4.69) is 43.0 Å². The zero-order valence-corrected chi connectivity index (χ0v) is 15.5. The third-order valence-electron chi connectivity index (χ3n) is 4.74. The van der Waals surface area contributed by atoms with Gasteiger partial charge in [0.2, 0.25) is 0 Å². The molecule has 27 heavy (non-hydrogen) atoms. The lowest BCUT2D eigenvalue weighted by Gasteiger charge is -2.36. The Bertz CT molecular complexity index is 716. The zero-order chi connectivity index (χ0) is 19.0. The third kappa shape index (κ3) is 4.36. The van der Waals surface area contributed by atoms with Crippen molar-refractivity contribution in [2.45, 2.75) is 24.5 Å². The molecule has 0 aliphatic carbocycles. The number of aliphatic hydroxyl groups is 1. The van der Waals surface area contributed by atoms with Gasteiger partial charge in [0.1, 0.15) is 5.60 Å². The standard InChI is InChI=1S/C25H26O2/c1-2-3-19-24(26)20-27-25(21-13-7-4-8-14-21,22-15-9-5-10-16-22)23-17-11-6-12-18-23/h2,4-18,24,26H,1,3,19-20H2. The van der Waals surface area contributed by atoms with Crippen LogP contribution < -0.4 is 0 Å². The minimum absolute atomic E-state index is 0.243. The molecule has 138 valence electrons. The molecular formula is C25H26O2. The monoisotopic (exact) mass is 358 g/mol. The van der Waals surface area contributed by atoms with Crippen molar-refractivity contribution in [3.05, 3.63) is 120 Å². The Morgan fingerprint density at radius 3 is 1.56 bits per heavy atom. The van der Waals surface area contributed by atoms with Gasteiger partial charge < -0.3 is 9.84 Å². The van der Waals surface area contributed by atoms with Gasteiger partial charge in [0.15, 0.2) is 0 Å². The predicted molar refractivity (Wildman–Crippen MR) is 111 cm³/mol. The lowest BCUT2D eigenvalue weighted by molar-refractivity contribution is -0.0397. The number of rotatable bonds is 9. The summed E-state index contributed by atoms with van der Waals surface area (Å²) in [6.07, 6.45) is 2.68. The summed E-state index contributed by atoms with van der Waals surface area (Å²) in [4.78, 5) is 0. The predicted octanol–water partition coefficient (Wildman–Crippen LogP) is 5.32. The van der Waals surface area contributed by atoms with Crippen LogP contribution in [0.4, 0.5) is 0 Å². The largest absolute Gasteiger partial charge is 0.391 e. The fourth-order valence-corrected chi connectivity index (χ4v) is 3.38. The van der Waals surface area contributed by atoms with Gasteiger partial charge in [0.25, 0.3) is 0 Å². The van der Waals surface area contributed by atoms with E-state index in [-0.39, 0.29) is 6.61 Å². The van der Waals surface area contributed by atoms with Crippen LogP contribution in [0.15, 0.2) is 104 Å². The average molecular weight is 358 g/mol. The van der Waals surface area contributed by atoms with E-state index in [1.807, 2.05) is 60.7 Å². The summed E-state index contributed by atoms with van der Waals surface area (Å²) in [5.74, 6) is 0. The van der Waals surface area contributed by atoms with Crippen LogP contribution in [0.1, 0.15) is 29.5 Å². The van der Waals surface area contributed by atoms with E-state index in [9.17, 15) is 5.11 Å². The SMILES string of the molecule is C=CCCC(O)COC(c1ccccc1)(c1ccccc1)c1ccccc1. The molecule has 0 amide bonds. The maximum Gasteiger partial charge on any atom is 0.143 e. The number of allylic oxidation sites excluding steroid dienone is 1. The van der Waals surface area contributed by atoms with Gasteiger partial charge >= 0.3 is 0 Å². The Morgan fingerprint density at radius 1 is 0.778 bits per heavy atom. The second-order valence-electron chi connectivity index (χ2n) is 6.61. The summed E-state index contributed by atoms with van der Waals surface area (Å²) in [7, 11) is 0. The summed E-state index contributed by atoms with van der Waals surface area (Å²) in [5.41, 5.74) is 2.34. The highest BCUT2D eigenvalue weighted by molar-refractivity contribution is 5.47. The summed E-state index contributed by atoms with van der Waals surface area (Å²) in [6.45, 7) is 3.97. The van der Waals surface area contributed by atoms with Gasteiger partial charge in [-0.3, -0.25) is 0 Å².